The molecule has 1 heterocycles. The molecule has 0 amide bonds. The van der Waals surface area contributed by atoms with Crippen LogP contribution in [0.15, 0.2) is 23.8 Å². The average Bonchev–Trinajstić information content (AvgIpc) is 2.73. The normalized spacial score (nSPS) is 25.6. The van der Waals surface area contributed by atoms with Crippen LogP contribution in [0, 0.1) is 19.3 Å². The van der Waals surface area contributed by atoms with E-state index < -0.39 is 0 Å². The van der Waals surface area contributed by atoms with Crippen molar-refractivity contribution in [2.75, 3.05) is 7.05 Å². The standard InChI is InChI=1S/C19H26N/c1-12-8-9-14-16(13(12)2)17-15(10-11-20(17)7)19(5,6)18(14,3)4/h8-11,17H,1-7H3/q+1. The van der Waals surface area contributed by atoms with Crippen molar-refractivity contribution in [3.8, 4) is 0 Å². The molecular weight excluding hydrogens is 242 g/mol. The van der Waals surface area contributed by atoms with Crippen LogP contribution in [0.2, 0.25) is 0 Å². The molecule has 0 N–H and O–H groups in total. The molecule has 0 saturated heterocycles. The van der Waals surface area contributed by atoms with Crippen molar-refractivity contribution in [2.45, 2.75) is 53.0 Å². The number of likely N-dealkylation sites (N-methyl/N-ethyl adjacent to an activating group) is 1. The third kappa shape index (κ3) is 1.41. The van der Waals surface area contributed by atoms with Crippen molar-refractivity contribution < 1.29 is 4.58 Å². The van der Waals surface area contributed by atoms with Gasteiger partial charge in [0.15, 0.2) is 6.21 Å². The fourth-order valence-electron chi connectivity index (χ4n) is 3.94. The Morgan fingerprint density at radius 1 is 1.00 bits per heavy atom. The molecular formula is C19H26N+. The second-order valence-electron chi connectivity index (χ2n) is 7.56. The van der Waals surface area contributed by atoms with Gasteiger partial charge in [-0.05, 0) is 36.0 Å². The lowest BCUT2D eigenvalue weighted by Gasteiger charge is -2.49. The van der Waals surface area contributed by atoms with Crippen molar-refractivity contribution >= 4 is 6.21 Å². The maximum absolute atomic E-state index is 2.40. The number of fused-ring (bicyclic) bond motifs is 3. The Balaban J connectivity index is 2.40. The minimum absolute atomic E-state index is 0.155. The lowest BCUT2D eigenvalue weighted by molar-refractivity contribution is -0.528. The molecule has 1 aliphatic heterocycles. The zero-order valence-electron chi connectivity index (χ0n) is 13.8. The molecule has 106 valence electrons. The van der Waals surface area contributed by atoms with Gasteiger partial charge in [0.2, 0.25) is 6.04 Å². The van der Waals surface area contributed by atoms with Gasteiger partial charge in [-0.1, -0.05) is 39.8 Å². The first-order valence-electron chi connectivity index (χ1n) is 7.57. The summed E-state index contributed by atoms with van der Waals surface area (Å²) in [6, 6.07) is 5.08. The Hall–Kier alpha value is -1.37. The third-order valence-electron chi connectivity index (χ3n) is 6.21. The number of allylic oxidation sites excluding steroid dienone is 1. The van der Waals surface area contributed by atoms with Gasteiger partial charge < -0.3 is 0 Å². The van der Waals surface area contributed by atoms with Gasteiger partial charge in [-0.15, -0.1) is 0 Å². The molecule has 20 heavy (non-hydrogen) atoms. The molecule has 0 spiro atoms. The summed E-state index contributed by atoms with van der Waals surface area (Å²) in [5, 5.41) is 0. The Kier molecular flexibility index (Phi) is 2.61. The summed E-state index contributed by atoms with van der Waals surface area (Å²) in [7, 11) is 2.20. The topological polar surface area (TPSA) is 3.01 Å². The summed E-state index contributed by atoms with van der Waals surface area (Å²) in [5.74, 6) is 0. The van der Waals surface area contributed by atoms with Crippen LogP contribution in [-0.4, -0.2) is 17.8 Å². The zero-order chi connectivity index (χ0) is 14.9. The van der Waals surface area contributed by atoms with E-state index in [0.29, 0.717) is 6.04 Å². The Morgan fingerprint density at radius 3 is 2.30 bits per heavy atom. The SMILES string of the molecule is Cc1ccc2c(c1C)C1C(=CC=[N+]1C)C(C)(C)C2(C)C. The second-order valence-corrected chi connectivity index (χ2v) is 7.56. The maximum Gasteiger partial charge on any atom is 0.200 e. The second kappa shape index (κ2) is 3.84. The van der Waals surface area contributed by atoms with Crippen LogP contribution in [0.1, 0.15) is 56.0 Å². The fraction of sp³-hybridized carbons (Fsp3) is 0.526. The highest BCUT2D eigenvalue weighted by Gasteiger charge is 2.54. The molecule has 3 rings (SSSR count). The van der Waals surface area contributed by atoms with Crippen LogP contribution in [0.25, 0.3) is 0 Å². The van der Waals surface area contributed by atoms with Crippen LogP contribution in [-0.2, 0) is 5.41 Å². The quantitative estimate of drug-likeness (QED) is 0.617. The lowest BCUT2D eigenvalue weighted by atomic mass is 9.53. The highest BCUT2D eigenvalue weighted by Crippen LogP contribution is 2.58. The molecule has 0 radical (unpaired) electrons. The molecule has 0 fully saturated rings. The van der Waals surface area contributed by atoms with Crippen LogP contribution in [0.4, 0.5) is 0 Å². The van der Waals surface area contributed by atoms with E-state index in [4.69, 9.17) is 0 Å². The highest BCUT2D eigenvalue weighted by atomic mass is 15.0. The molecule has 0 bridgehead atoms. The molecule has 1 heteroatoms. The fourth-order valence-corrected chi connectivity index (χ4v) is 3.94. The van der Waals surface area contributed by atoms with Crippen molar-refractivity contribution in [3.05, 3.63) is 46.0 Å². The molecule has 0 aromatic heterocycles. The smallest absolute Gasteiger partial charge is 0.200 e. The summed E-state index contributed by atoms with van der Waals surface area (Å²) in [6.45, 7) is 14.1. The molecule has 1 nitrogen and oxygen atoms in total. The molecule has 1 unspecified atom stereocenters. The van der Waals surface area contributed by atoms with Gasteiger partial charge in [0, 0.05) is 22.6 Å². The van der Waals surface area contributed by atoms with Crippen molar-refractivity contribution in [1.29, 1.82) is 0 Å². The molecule has 2 aliphatic rings. The first-order valence-corrected chi connectivity index (χ1v) is 7.57. The van der Waals surface area contributed by atoms with Crippen LogP contribution < -0.4 is 0 Å². The molecule has 0 saturated carbocycles. The van der Waals surface area contributed by atoms with Gasteiger partial charge >= 0.3 is 0 Å². The maximum atomic E-state index is 2.40. The van der Waals surface area contributed by atoms with Gasteiger partial charge in [0.05, 0.1) is 0 Å². The number of hydrogen-bond acceptors (Lipinski definition) is 0. The summed E-state index contributed by atoms with van der Waals surface area (Å²) in [4.78, 5) is 0. The first-order chi connectivity index (χ1) is 9.19. The number of benzene rings is 1. The first kappa shape index (κ1) is 13.6. The predicted molar refractivity (Wildman–Crippen MR) is 85.8 cm³/mol. The average molecular weight is 268 g/mol. The van der Waals surface area contributed by atoms with Crippen molar-refractivity contribution in [3.63, 3.8) is 0 Å². The summed E-state index contributed by atoms with van der Waals surface area (Å²) >= 11 is 0. The molecule has 1 aliphatic carbocycles. The Labute approximate surface area is 123 Å². The number of aryl methyl sites for hydroxylation is 1. The van der Waals surface area contributed by atoms with E-state index in [-0.39, 0.29) is 10.8 Å². The lowest BCUT2D eigenvalue weighted by Crippen LogP contribution is -2.45. The largest absolute Gasteiger partial charge is 0.228 e. The Morgan fingerprint density at radius 2 is 1.65 bits per heavy atom. The molecule has 1 aromatic carbocycles. The summed E-state index contributed by atoms with van der Waals surface area (Å²) < 4.78 is 2.37. The zero-order valence-corrected chi connectivity index (χ0v) is 13.8. The van der Waals surface area contributed by atoms with Crippen molar-refractivity contribution in [2.24, 2.45) is 5.41 Å². The van der Waals surface area contributed by atoms with Crippen LogP contribution in [0.5, 0.6) is 0 Å². The van der Waals surface area contributed by atoms with Gasteiger partial charge in [-0.3, -0.25) is 0 Å². The van der Waals surface area contributed by atoms with Crippen molar-refractivity contribution in [1.82, 2.24) is 0 Å². The summed E-state index contributed by atoms with van der Waals surface area (Å²) in [6.07, 6.45) is 4.59. The van der Waals surface area contributed by atoms with E-state index in [2.05, 4.69) is 77.6 Å². The van der Waals surface area contributed by atoms with E-state index in [0.717, 1.165) is 0 Å². The predicted octanol–water partition coefficient (Wildman–Crippen LogP) is 4.32. The number of hydrogen-bond donors (Lipinski definition) is 0. The molecule has 1 atom stereocenters. The van der Waals surface area contributed by atoms with E-state index in [1.165, 1.54) is 22.3 Å². The monoisotopic (exact) mass is 268 g/mol. The van der Waals surface area contributed by atoms with Crippen LogP contribution >= 0.6 is 0 Å². The minimum atomic E-state index is 0.155. The van der Waals surface area contributed by atoms with Gasteiger partial charge in [-0.2, -0.15) is 0 Å². The highest BCUT2D eigenvalue weighted by molar-refractivity contribution is 5.73. The van der Waals surface area contributed by atoms with Crippen LogP contribution in [0.3, 0.4) is 0 Å². The summed E-state index contributed by atoms with van der Waals surface area (Å²) in [5.41, 5.74) is 7.82. The van der Waals surface area contributed by atoms with E-state index in [1.807, 2.05) is 0 Å². The molecule has 1 aromatic rings. The number of nitrogens with zero attached hydrogens (tertiary/aromatic N) is 1. The third-order valence-corrected chi connectivity index (χ3v) is 6.21. The number of rotatable bonds is 0. The Bertz CT molecular complexity index is 657. The van der Waals surface area contributed by atoms with Gasteiger partial charge in [0.25, 0.3) is 0 Å². The van der Waals surface area contributed by atoms with E-state index >= 15 is 0 Å². The minimum Gasteiger partial charge on any atom is -0.228 e. The van der Waals surface area contributed by atoms with Gasteiger partial charge in [0.1, 0.15) is 7.05 Å². The van der Waals surface area contributed by atoms with Gasteiger partial charge in [-0.25, -0.2) is 4.58 Å². The van der Waals surface area contributed by atoms with E-state index in [9.17, 15) is 0 Å². The van der Waals surface area contributed by atoms with E-state index in [1.54, 1.807) is 5.57 Å².